The molecule has 0 spiro atoms. The van der Waals surface area contributed by atoms with Crippen LogP contribution in [0.2, 0.25) is 0 Å². The summed E-state index contributed by atoms with van der Waals surface area (Å²) < 4.78 is 0. The summed E-state index contributed by atoms with van der Waals surface area (Å²) in [5, 5.41) is 8.83. The van der Waals surface area contributed by atoms with Gasteiger partial charge in [0.25, 0.3) is 0 Å². The fourth-order valence-electron chi connectivity index (χ4n) is 1.62. The second kappa shape index (κ2) is 5.97. The first-order valence-corrected chi connectivity index (χ1v) is 5.23. The molecule has 1 aromatic heterocycles. The van der Waals surface area contributed by atoms with E-state index < -0.39 is 5.97 Å². The molecule has 0 aliphatic rings. The maximum Gasteiger partial charge on any atom is 0.317 e. The Morgan fingerprint density at radius 2 is 2.24 bits per heavy atom. The van der Waals surface area contributed by atoms with E-state index in [1.54, 1.807) is 17.3 Å². The van der Waals surface area contributed by atoms with Crippen molar-refractivity contribution < 1.29 is 9.90 Å². The number of aromatic nitrogens is 2. The number of aliphatic carboxylic acids is 1. The number of carbonyl (C=O) groups is 1. The predicted octanol–water partition coefficient (Wildman–Crippen LogP) is 0.866. The summed E-state index contributed by atoms with van der Waals surface area (Å²) in [6.07, 6.45) is 8.43. The van der Waals surface area contributed by atoms with E-state index in [-0.39, 0.29) is 19.1 Å². The Balaban J connectivity index is 2.92. The Kier molecular flexibility index (Phi) is 4.61. The first kappa shape index (κ1) is 13.1. The average Bonchev–Trinajstić information content (AvgIpc) is 2.28. The van der Waals surface area contributed by atoms with Gasteiger partial charge >= 0.3 is 5.97 Å². The zero-order chi connectivity index (χ0) is 12.8. The van der Waals surface area contributed by atoms with Crippen LogP contribution in [0.4, 0.5) is 0 Å². The molecule has 1 unspecified atom stereocenters. The topological polar surface area (TPSA) is 66.3 Å². The molecule has 90 valence electrons. The van der Waals surface area contributed by atoms with Crippen molar-refractivity contribution in [3.63, 3.8) is 0 Å². The highest BCUT2D eigenvalue weighted by atomic mass is 16.4. The molecule has 5 heteroatoms. The van der Waals surface area contributed by atoms with Crippen LogP contribution in [-0.4, -0.2) is 39.0 Å². The minimum atomic E-state index is -0.909. The van der Waals surface area contributed by atoms with Gasteiger partial charge in [-0.2, -0.15) is 0 Å². The van der Waals surface area contributed by atoms with Crippen LogP contribution < -0.4 is 0 Å². The van der Waals surface area contributed by atoms with E-state index in [4.69, 9.17) is 11.5 Å². The Morgan fingerprint density at radius 3 is 2.76 bits per heavy atom. The molecule has 1 heterocycles. The number of hydrogen-bond acceptors (Lipinski definition) is 4. The summed E-state index contributed by atoms with van der Waals surface area (Å²) in [7, 11) is 0. The number of nitrogens with zero attached hydrogens (tertiary/aromatic N) is 3. The van der Waals surface area contributed by atoms with Crippen molar-refractivity contribution in [1.82, 2.24) is 14.9 Å². The van der Waals surface area contributed by atoms with Crippen LogP contribution in [0.5, 0.6) is 0 Å². The molecule has 0 radical (unpaired) electrons. The first-order valence-electron chi connectivity index (χ1n) is 5.23. The van der Waals surface area contributed by atoms with Crippen LogP contribution in [-0.2, 0) is 4.79 Å². The molecular formula is C12H15N3O2. The number of aryl methyl sites for hydroxylation is 1. The Bertz CT molecular complexity index is 440. The van der Waals surface area contributed by atoms with Gasteiger partial charge in [-0.05, 0) is 13.8 Å². The molecule has 0 aliphatic carbocycles. The lowest BCUT2D eigenvalue weighted by Crippen LogP contribution is -2.33. The number of hydrogen-bond donors (Lipinski definition) is 1. The third-order valence-electron chi connectivity index (χ3n) is 2.50. The van der Waals surface area contributed by atoms with Crippen molar-refractivity contribution in [2.45, 2.75) is 19.9 Å². The summed E-state index contributed by atoms with van der Waals surface area (Å²) in [5.41, 5.74) is 1.54. The highest BCUT2D eigenvalue weighted by molar-refractivity contribution is 5.69. The Morgan fingerprint density at radius 1 is 1.59 bits per heavy atom. The van der Waals surface area contributed by atoms with Crippen molar-refractivity contribution in [2.24, 2.45) is 0 Å². The normalized spacial score (nSPS) is 12.1. The summed E-state index contributed by atoms with van der Waals surface area (Å²) in [5.74, 6) is 1.55. The molecule has 1 rings (SSSR count). The van der Waals surface area contributed by atoms with Gasteiger partial charge in [-0.3, -0.25) is 19.7 Å². The lowest BCUT2D eigenvalue weighted by atomic mass is 10.1. The summed E-state index contributed by atoms with van der Waals surface area (Å²) >= 11 is 0. The molecule has 1 aromatic rings. The van der Waals surface area contributed by atoms with Gasteiger partial charge < -0.3 is 5.11 Å². The highest BCUT2D eigenvalue weighted by Crippen LogP contribution is 2.19. The molecule has 1 atom stereocenters. The maximum absolute atomic E-state index is 10.8. The van der Waals surface area contributed by atoms with E-state index in [0.717, 1.165) is 11.4 Å². The van der Waals surface area contributed by atoms with Crippen molar-refractivity contribution in [2.75, 3.05) is 13.1 Å². The second-order valence-electron chi connectivity index (χ2n) is 3.71. The summed E-state index contributed by atoms with van der Waals surface area (Å²) in [4.78, 5) is 20.8. The molecule has 5 nitrogen and oxygen atoms in total. The number of carboxylic acid groups (broad SMARTS) is 1. The van der Waals surface area contributed by atoms with Gasteiger partial charge in [0.2, 0.25) is 0 Å². The molecule has 0 amide bonds. The van der Waals surface area contributed by atoms with Gasteiger partial charge in [-0.1, -0.05) is 5.92 Å². The lowest BCUT2D eigenvalue weighted by molar-refractivity contribution is -0.138. The summed E-state index contributed by atoms with van der Waals surface area (Å²) in [6, 6.07) is -0.171. The van der Waals surface area contributed by atoms with Gasteiger partial charge in [-0.15, -0.1) is 6.42 Å². The van der Waals surface area contributed by atoms with Crippen LogP contribution >= 0.6 is 0 Å². The van der Waals surface area contributed by atoms with Crippen molar-refractivity contribution in [3.8, 4) is 12.3 Å². The zero-order valence-electron chi connectivity index (χ0n) is 9.92. The molecule has 0 bridgehead atoms. The minimum absolute atomic E-state index is 0.110. The van der Waals surface area contributed by atoms with Gasteiger partial charge in [-0.25, -0.2) is 0 Å². The van der Waals surface area contributed by atoms with Crippen molar-refractivity contribution in [3.05, 3.63) is 23.8 Å². The standard InChI is InChI=1S/C12H15N3O2/c1-4-7-15(8-11(16)17)10(3)12-9(2)13-5-6-14-12/h1,5-6,10H,7-8H2,2-3H3,(H,16,17). The zero-order valence-corrected chi connectivity index (χ0v) is 9.92. The van der Waals surface area contributed by atoms with Crippen LogP contribution in [0.1, 0.15) is 24.4 Å². The monoisotopic (exact) mass is 233 g/mol. The number of carboxylic acids is 1. The second-order valence-corrected chi connectivity index (χ2v) is 3.71. The van der Waals surface area contributed by atoms with Gasteiger partial charge in [0.05, 0.1) is 30.5 Å². The third kappa shape index (κ3) is 3.54. The molecule has 0 saturated heterocycles. The first-order chi connectivity index (χ1) is 8.06. The number of rotatable bonds is 5. The van der Waals surface area contributed by atoms with Gasteiger partial charge in [0.1, 0.15) is 0 Å². The van der Waals surface area contributed by atoms with Crippen LogP contribution in [0.3, 0.4) is 0 Å². The minimum Gasteiger partial charge on any atom is -0.480 e. The summed E-state index contributed by atoms with van der Waals surface area (Å²) in [6.45, 7) is 3.87. The van der Waals surface area contributed by atoms with Crippen LogP contribution in [0.25, 0.3) is 0 Å². The van der Waals surface area contributed by atoms with E-state index >= 15 is 0 Å². The molecule has 0 aliphatic heterocycles. The Hall–Kier alpha value is -1.93. The molecule has 0 saturated carbocycles. The smallest absolute Gasteiger partial charge is 0.317 e. The molecule has 0 fully saturated rings. The average molecular weight is 233 g/mol. The molecule has 1 N–H and O–H groups in total. The third-order valence-corrected chi connectivity index (χ3v) is 2.50. The predicted molar refractivity (Wildman–Crippen MR) is 63.2 cm³/mol. The van der Waals surface area contributed by atoms with E-state index in [2.05, 4.69) is 15.9 Å². The van der Waals surface area contributed by atoms with E-state index in [0.29, 0.717) is 0 Å². The van der Waals surface area contributed by atoms with Gasteiger partial charge in [0, 0.05) is 12.4 Å². The maximum atomic E-state index is 10.8. The lowest BCUT2D eigenvalue weighted by Gasteiger charge is -2.25. The molecule has 17 heavy (non-hydrogen) atoms. The molecule has 0 aromatic carbocycles. The van der Waals surface area contributed by atoms with E-state index in [1.807, 2.05) is 13.8 Å². The van der Waals surface area contributed by atoms with Gasteiger partial charge in [0.15, 0.2) is 0 Å². The van der Waals surface area contributed by atoms with Crippen molar-refractivity contribution >= 4 is 5.97 Å². The van der Waals surface area contributed by atoms with Crippen LogP contribution in [0.15, 0.2) is 12.4 Å². The fraction of sp³-hybridized carbons (Fsp3) is 0.417. The van der Waals surface area contributed by atoms with E-state index in [1.165, 1.54) is 0 Å². The molecular weight excluding hydrogens is 218 g/mol. The largest absolute Gasteiger partial charge is 0.480 e. The fourth-order valence-corrected chi connectivity index (χ4v) is 1.62. The highest BCUT2D eigenvalue weighted by Gasteiger charge is 2.20. The van der Waals surface area contributed by atoms with E-state index in [9.17, 15) is 4.79 Å². The number of terminal acetylenes is 1. The SMILES string of the molecule is C#CCN(CC(=O)O)C(C)c1nccnc1C. The van der Waals surface area contributed by atoms with Crippen LogP contribution in [0, 0.1) is 19.3 Å². The quantitative estimate of drug-likeness (QED) is 0.764. The van der Waals surface area contributed by atoms with Crippen molar-refractivity contribution in [1.29, 1.82) is 0 Å². The Labute approximate surface area is 101 Å².